The molecule has 2 saturated heterocycles. The zero-order valence-electron chi connectivity index (χ0n) is 8.10. The number of aldehydes is 1. The molecule has 0 unspecified atom stereocenters. The number of likely N-dealkylation sites (N-methyl/N-ethyl adjacent to an activating group) is 1. The molecule has 0 aromatic heterocycles. The van der Waals surface area contributed by atoms with Crippen molar-refractivity contribution < 1.29 is 9.59 Å². The summed E-state index contributed by atoms with van der Waals surface area (Å²) in [7, 11) is 1.79. The number of nitrogens with one attached hydrogen (secondary N) is 1. The van der Waals surface area contributed by atoms with Crippen molar-refractivity contribution in [1.29, 1.82) is 0 Å². The van der Waals surface area contributed by atoms with Gasteiger partial charge in [0.2, 0.25) is 5.91 Å². The molecule has 1 N–H and O–H groups in total. The van der Waals surface area contributed by atoms with Gasteiger partial charge in [0.05, 0.1) is 17.5 Å². The summed E-state index contributed by atoms with van der Waals surface area (Å²) in [5, 5.41) is 3.23. The first kappa shape index (κ1) is 9.98. The number of piperidine rings is 1. The first-order valence-electron chi connectivity index (χ1n) is 4.84. The fourth-order valence-electron chi connectivity index (χ4n) is 2.10. The molecule has 1 amide bonds. The van der Waals surface area contributed by atoms with Crippen LogP contribution in [0.25, 0.3) is 0 Å². The lowest BCUT2D eigenvalue weighted by Crippen LogP contribution is -2.54. The van der Waals surface area contributed by atoms with E-state index in [0.717, 1.165) is 24.9 Å². The van der Waals surface area contributed by atoms with Crippen molar-refractivity contribution >= 4 is 24.0 Å². The maximum Gasteiger partial charge on any atom is 0.241 e. The molecule has 14 heavy (non-hydrogen) atoms. The maximum absolute atomic E-state index is 11.9. The maximum atomic E-state index is 11.9. The Morgan fingerprint density at radius 1 is 1.57 bits per heavy atom. The van der Waals surface area contributed by atoms with Crippen LogP contribution in [0.5, 0.6) is 0 Å². The van der Waals surface area contributed by atoms with Crippen LogP contribution >= 0.6 is 11.8 Å². The molecular formula is C9H14N2O2S. The number of hydrogen-bond acceptors (Lipinski definition) is 4. The van der Waals surface area contributed by atoms with Gasteiger partial charge in [-0.05, 0) is 19.9 Å². The van der Waals surface area contributed by atoms with Crippen LogP contribution in [0.1, 0.15) is 12.8 Å². The molecule has 0 bridgehead atoms. The Morgan fingerprint density at radius 2 is 2.36 bits per heavy atom. The Labute approximate surface area is 87.4 Å². The van der Waals surface area contributed by atoms with E-state index in [2.05, 4.69) is 5.32 Å². The lowest BCUT2D eigenvalue weighted by molar-refractivity contribution is -0.140. The highest BCUT2D eigenvalue weighted by Gasteiger charge is 2.43. The van der Waals surface area contributed by atoms with Gasteiger partial charge in [0.25, 0.3) is 0 Å². The molecule has 78 valence electrons. The number of carbonyl (C=O) groups is 2. The third kappa shape index (κ3) is 1.44. The quantitative estimate of drug-likeness (QED) is 0.649. The monoisotopic (exact) mass is 214 g/mol. The van der Waals surface area contributed by atoms with Crippen molar-refractivity contribution in [1.82, 2.24) is 10.2 Å². The average molecular weight is 214 g/mol. The highest BCUT2D eigenvalue weighted by Crippen LogP contribution is 2.35. The zero-order valence-corrected chi connectivity index (χ0v) is 8.92. The van der Waals surface area contributed by atoms with Gasteiger partial charge < -0.3 is 15.0 Å². The van der Waals surface area contributed by atoms with E-state index in [1.165, 1.54) is 0 Å². The van der Waals surface area contributed by atoms with Gasteiger partial charge in [0, 0.05) is 5.75 Å². The van der Waals surface area contributed by atoms with E-state index in [9.17, 15) is 9.59 Å². The molecule has 0 aliphatic carbocycles. The van der Waals surface area contributed by atoms with Gasteiger partial charge in [0.15, 0.2) is 0 Å². The van der Waals surface area contributed by atoms with Gasteiger partial charge in [-0.3, -0.25) is 4.79 Å². The number of nitrogens with zero attached hydrogens (tertiary/aromatic N) is 1. The number of hydrogen-bond donors (Lipinski definition) is 1. The molecule has 0 aromatic carbocycles. The molecule has 2 rings (SSSR count). The van der Waals surface area contributed by atoms with Gasteiger partial charge in [-0.2, -0.15) is 0 Å². The molecule has 0 radical (unpaired) electrons. The van der Waals surface area contributed by atoms with E-state index < -0.39 is 0 Å². The third-order valence-electron chi connectivity index (χ3n) is 2.89. The van der Waals surface area contributed by atoms with Crippen molar-refractivity contribution in [3.63, 3.8) is 0 Å². The third-order valence-corrected chi connectivity index (χ3v) is 4.27. The van der Waals surface area contributed by atoms with Crippen LogP contribution in [-0.2, 0) is 9.59 Å². The summed E-state index contributed by atoms with van der Waals surface area (Å²) in [6, 6.07) is -0.291. The molecule has 0 aromatic rings. The molecule has 3 atom stereocenters. The number of fused-ring (bicyclic) bond motifs is 1. The normalized spacial score (nSPS) is 37.1. The second kappa shape index (κ2) is 3.90. The minimum absolute atomic E-state index is 0.0888. The Kier molecular flexibility index (Phi) is 2.78. The summed E-state index contributed by atoms with van der Waals surface area (Å²) in [5.41, 5.74) is 0. The lowest BCUT2D eigenvalue weighted by Gasteiger charge is -2.35. The van der Waals surface area contributed by atoms with Crippen LogP contribution in [0, 0.1) is 0 Å². The predicted molar refractivity (Wildman–Crippen MR) is 55.0 cm³/mol. The summed E-state index contributed by atoms with van der Waals surface area (Å²) in [4.78, 5) is 24.4. The molecule has 5 heteroatoms. The smallest absolute Gasteiger partial charge is 0.241 e. The topological polar surface area (TPSA) is 49.4 Å². The van der Waals surface area contributed by atoms with E-state index in [0.29, 0.717) is 0 Å². The molecule has 0 spiro atoms. The highest BCUT2D eigenvalue weighted by molar-refractivity contribution is 8.00. The van der Waals surface area contributed by atoms with E-state index in [4.69, 9.17) is 0 Å². The number of thioether (sulfide) groups is 1. The van der Waals surface area contributed by atoms with Gasteiger partial charge in [-0.25, -0.2) is 0 Å². The van der Waals surface area contributed by atoms with E-state index in [-0.39, 0.29) is 23.4 Å². The molecule has 2 aliphatic rings. The largest absolute Gasteiger partial charge is 0.319 e. The van der Waals surface area contributed by atoms with Crippen LogP contribution in [0.2, 0.25) is 0 Å². The van der Waals surface area contributed by atoms with E-state index >= 15 is 0 Å². The Hall–Kier alpha value is -0.550. The molecule has 2 heterocycles. The molecule has 2 fully saturated rings. The number of amides is 1. The average Bonchev–Trinajstić information content (AvgIpc) is 2.62. The summed E-state index contributed by atoms with van der Waals surface area (Å²) >= 11 is 1.72. The Balaban J connectivity index is 2.16. The number of carbonyl (C=O) groups excluding carboxylic acids is 2. The first-order chi connectivity index (χ1) is 6.77. The van der Waals surface area contributed by atoms with Crippen LogP contribution in [0.3, 0.4) is 0 Å². The number of rotatable bonds is 2. The first-order valence-corrected chi connectivity index (χ1v) is 5.89. The van der Waals surface area contributed by atoms with Crippen LogP contribution in [-0.4, -0.2) is 47.4 Å². The summed E-state index contributed by atoms with van der Waals surface area (Å²) < 4.78 is 0. The highest BCUT2D eigenvalue weighted by atomic mass is 32.2. The van der Waals surface area contributed by atoms with Crippen molar-refractivity contribution in [2.45, 2.75) is 30.3 Å². The fourth-order valence-corrected chi connectivity index (χ4v) is 3.48. The molecular weight excluding hydrogens is 200 g/mol. The van der Waals surface area contributed by atoms with Crippen LogP contribution in [0.15, 0.2) is 0 Å². The van der Waals surface area contributed by atoms with Crippen LogP contribution in [0.4, 0.5) is 0 Å². The summed E-state index contributed by atoms with van der Waals surface area (Å²) in [6.07, 6.45) is 2.77. The molecule has 4 nitrogen and oxygen atoms in total. The van der Waals surface area contributed by atoms with E-state index in [1.807, 2.05) is 0 Å². The standard InChI is InChI=1S/C9H14N2O2S/c1-10-7-2-3-8-11(9(7)13)6(4-12)5-14-8/h4,6-8,10H,2-3,5H2,1H3/t6-,7+,8-/m1/s1. The summed E-state index contributed by atoms with van der Waals surface area (Å²) in [5.74, 6) is 0.849. The predicted octanol–water partition coefficient (Wildman–Crippen LogP) is -0.163. The molecule has 0 saturated carbocycles. The minimum atomic E-state index is -0.200. The Bertz CT molecular complexity index is 259. The lowest BCUT2D eigenvalue weighted by atomic mass is 10.0. The minimum Gasteiger partial charge on any atom is -0.319 e. The molecule has 2 aliphatic heterocycles. The van der Waals surface area contributed by atoms with Gasteiger partial charge in [0.1, 0.15) is 6.29 Å². The van der Waals surface area contributed by atoms with Gasteiger partial charge in [-0.15, -0.1) is 11.8 Å². The van der Waals surface area contributed by atoms with Crippen molar-refractivity contribution in [3.8, 4) is 0 Å². The van der Waals surface area contributed by atoms with E-state index in [1.54, 1.807) is 23.7 Å². The van der Waals surface area contributed by atoms with Gasteiger partial charge in [-0.1, -0.05) is 0 Å². The van der Waals surface area contributed by atoms with Crippen molar-refractivity contribution in [2.24, 2.45) is 0 Å². The van der Waals surface area contributed by atoms with Crippen molar-refractivity contribution in [2.75, 3.05) is 12.8 Å². The van der Waals surface area contributed by atoms with Crippen LogP contribution < -0.4 is 5.32 Å². The Morgan fingerprint density at radius 3 is 3.00 bits per heavy atom. The zero-order chi connectivity index (χ0) is 10.1. The second-order valence-corrected chi connectivity index (χ2v) is 4.87. The SMILES string of the molecule is CN[C@H]1CC[C@H]2SC[C@@H](C=O)N2C1=O. The second-order valence-electron chi connectivity index (χ2n) is 3.66. The van der Waals surface area contributed by atoms with Crippen molar-refractivity contribution in [3.05, 3.63) is 0 Å². The van der Waals surface area contributed by atoms with Gasteiger partial charge >= 0.3 is 0 Å². The fraction of sp³-hybridized carbons (Fsp3) is 0.778. The summed E-state index contributed by atoms with van der Waals surface area (Å²) in [6.45, 7) is 0.